The second kappa shape index (κ2) is 7.57. The first-order valence-electron chi connectivity index (χ1n) is 5.70. The number of rotatable bonds is 8. The van der Waals surface area contributed by atoms with Gasteiger partial charge in [-0.3, -0.25) is 10.1 Å². The minimum atomic E-state index is -0.414. The van der Waals surface area contributed by atoms with Crippen LogP contribution in [0.3, 0.4) is 0 Å². The van der Waals surface area contributed by atoms with Gasteiger partial charge in [0.25, 0.3) is 0 Å². The normalized spacial score (nSPS) is 10.3. The third-order valence-electron chi connectivity index (χ3n) is 2.39. The van der Waals surface area contributed by atoms with Crippen LogP contribution in [0.25, 0.3) is 0 Å². The zero-order chi connectivity index (χ0) is 13.4. The molecule has 0 saturated heterocycles. The van der Waals surface area contributed by atoms with Crippen LogP contribution < -0.4 is 10.6 Å². The van der Waals surface area contributed by atoms with Gasteiger partial charge >= 0.3 is 5.69 Å². The van der Waals surface area contributed by atoms with E-state index >= 15 is 0 Å². The molecule has 18 heavy (non-hydrogen) atoms. The van der Waals surface area contributed by atoms with E-state index in [0.717, 1.165) is 6.54 Å². The Kier molecular flexibility index (Phi) is 6.03. The smallest absolute Gasteiger partial charge is 0.314 e. The highest BCUT2D eigenvalue weighted by atomic mass is 16.6. The Morgan fingerprint density at radius 2 is 2.22 bits per heavy atom. The van der Waals surface area contributed by atoms with Crippen molar-refractivity contribution in [1.82, 2.24) is 10.3 Å². The van der Waals surface area contributed by atoms with Gasteiger partial charge in [0.15, 0.2) is 0 Å². The second-order valence-electron chi connectivity index (χ2n) is 3.75. The van der Waals surface area contributed by atoms with Crippen LogP contribution in [-0.2, 0) is 4.74 Å². The van der Waals surface area contributed by atoms with E-state index in [-0.39, 0.29) is 5.69 Å². The number of methoxy groups -OCH3 is 1. The number of nitrogens with zero attached hydrogens (tertiary/aromatic N) is 2. The number of nitro groups is 1. The molecule has 0 spiro atoms. The predicted molar refractivity (Wildman–Crippen MR) is 68.9 cm³/mol. The zero-order valence-electron chi connectivity index (χ0n) is 10.6. The Morgan fingerprint density at radius 1 is 1.44 bits per heavy atom. The highest BCUT2D eigenvalue weighted by molar-refractivity contribution is 5.59. The maximum Gasteiger partial charge on any atom is 0.314 e. The van der Waals surface area contributed by atoms with E-state index in [1.807, 2.05) is 0 Å². The summed E-state index contributed by atoms with van der Waals surface area (Å²) in [6.45, 7) is 4.35. The SMILES string of the molecule is COCCNCCNc1nccc(C)c1[N+](=O)[O-]. The van der Waals surface area contributed by atoms with Crippen molar-refractivity contribution in [1.29, 1.82) is 0 Å². The third-order valence-corrected chi connectivity index (χ3v) is 2.39. The molecule has 0 aliphatic heterocycles. The van der Waals surface area contributed by atoms with Crippen molar-refractivity contribution in [2.24, 2.45) is 0 Å². The Balaban J connectivity index is 2.47. The van der Waals surface area contributed by atoms with E-state index in [0.29, 0.717) is 31.1 Å². The number of pyridine rings is 1. The lowest BCUT2D eigenvalue weighted by Crippen LogP contribution is -2.25. The predicted octanol–water partition coefficient (Wildman–Crippen LogP) is 0.946. The van der Waals surface area contributed by atoms with Gasteiger partial charge in [-0.15, -0.1) is 0 Å². The molecule has 1 aromatic rings. The molecule has 100 valence electrons. The first kappa shape index (κ1) is 14.3. The molecule has 0 aliphatic rings. The molecular formula is C11H18N4O3. The van der Waals surface area contributed by atoms with E-state index in [1.54, 1.807) is 26.3 Å². The highest BCUT2D eigenvalue weighted by Gasteiger charge is 2.17. The number of aryl methyl sites for hydroxylation is 1. The fraction of sp³-hybridized carbons (Fsp3) is 0.545. The fourth-order valence-corrected chi connectivity index (χ4v) is 1.48. The number of ether oxygens (including phenoxy) is 1. The molecule has 0 unspecified atom stereocenters. The number of hydrogen-bond donors (Lipinski definition) is 2. The van der Waals surface area contributed by atoms with Gasteiger partial charge in [-0.1, -0.05) is 0 Å². The van der Waals surface area contributed by atoms with E-state index in [4.69, 9.17) is 4.74 Å². The molecule has 1 heterocycles. The van der Waals surface area contributed by atoms with Crippen LogP contribution >= 0.6 is 0 Å². The lowest BCUT2D eigenvalue weighted by atomic mass is 10.2. The summed E-state index contributed by atoms with van der Waals surface area (Å²) in [6, 6.07) is 1.63. The van der Waals surface area contributed by atoms with Crippen molar-refractivity contribution in [2.75, 3.05) is 38.7 Å². The maximum atomic E-state index is 10.9. The van der Waals surface area contributed by atoms with Crippen LogP contribution in [0.5, 0.6) is 0 Å². The summed E-state index contributed by atoms with van der Waals surface area (Å²) in [5.41, 5.74) is 0.638. The Bertz CT molecular complexity index is 398. The first-order chi connectivity index (χ1) is 8.66. The van der Waals surface area contributed by atoms with Gasteiger partial charge in [0.05, 0.1) is 11.5 Å². The maximum absolute atomic E-state index is 10.9. The summed E-state index contributed by atoms with van der Waals surface area (Å²) in [5.74, 6) is 0.313. The summed E-state index contributed by atoms with van der Waals surface area (Å²) in [6.07, 6.45) is 1.56. The van der Waals surface area contributed by atoms with Crippen LogP contribution in [0, 0.1) is 17.0 Å². The van der Waals surface area contributed by atoms with Gasteiger partial charge in [0.1, 0.15) is 0 Å². The molecule has 0 aromatic carbocycles. The van der Waals surface area contributed by atoms with Gasteiger partial charge in [-0.25, -0.2) is 4.98 Å². The number of aromatic nitrogens is 1. The molecule has 7 heteroatoms. The molecular weight excluding hydrogens is 236 g/mol. The van der Waals surface area contributed by atoms with Gasteiger partial charge in [-0.2, -0.15) is 0 Å². The van der Waals surface area contributed by atoms with Crippen molar-refractivity contribution >= 4 is 11.5 Å². The van der Waals surface area contributed by atoms with Gasteiger partial charge in [0, 0.05) is 38.5 Å². The molecule has 0 bridgehead atoms. The molecule has 0 saturated carbocycles. The average molecular weight is 254 g/mol. The Labute approximate surface area is 106 Å². The van der Waals surface area contributed by atoms with Crippen molar-refractivity contribution in [3.63, 3.8) is 0 Å². The highest BCUT2D eigenvalue weighted by Crippen LogP contribution is 2.24. The monoisotopic (exact) mass is 254 g/mol. The molecule has 1 rings (SSSR count). The van der Waals surface area contributed by atoms with E-state index in [1.165, 1.54) is 0 Å². The van der Waals surface area contributed by atoms with Gasteiger partial charge in [-0.05, 0) is 13.0 Å². The third kappa shape index (κ3) is 4.27. The Hall–Kier alpha value is -1.73. The van der Waals surface area contributed by atoms with Crippen molar-refractivity contribution in [3.8, 4) is 0 Å². The average Bonchev–Trinajstić information content (AvgIpc) is 2.33. The summed E-state index contributed by atoms with van der Waals surface area (Å²) in [5, 5.41) is 17.0. The van der Waals surface area contributed by atoms with Crippen LogP contribution in [0.2, 0.25) is 0 Å². The van der Waals surface area contributed by atoms with E-state index in [2.05, 4.69) is 15.6 Å². The number of nitrogens with one attached hydrogen (secondary N) is 2. The minimum Gasteiger partial charge on any atom is -0.383 e. The summed E-state index contributed by atoms with van der Waals surface area (Å²) in [4.78, 5) is 14.5. The van der Waals surface area contributed by atoms with Crippen LogP contribution in [-0.4, -0.2) is 43.3 Å². The fourth-order valence-electron chi connectivity index (χ4n) is 1.48. The summed E-state index contributed by atoms with van der Waals surface area (Å²) in [7, 11) is 1.64. The molecule has 0 amide bonds. The molecule has 1 aromatic heterocycles. The van der Waals surface area contributed by atoms with E-state index in [9.17, 15) is 10.1 Å². The van der Waals surface area contributed by atoms with E-state index < -0.39 is 4.92 Å². The van der Waals surface area contributed by atoms with Crippen molar-refractivity contribution in [3.05, 3.63) is 27.9 Å². The zero-order valence-corrected chi connectivity index (χ0v) is 10.6. The molecule has 0 aliphatic carbocycles. The second-order valence-corrected chi connectivity index (χ2v) is 3.75. The van der Waals surface area contributed by atoms with Crippen molar-refractivity contribution in [2.45, 2.75) is 6.92 Å². The lowest BCUT2D eigenvalue weighted by Gasteiger charge is -2.08. The van der Waals surface area contributed by atoms with Crippen LogP contribution in [0.4, 0.5) is 11.5 Å². The lowest BCUT2D eigenvalue weighted by molar-refractivity contribution is -0.384. The molecule has 0 fully saturated rings. The van der Waals surface area contributed by atoms with Gasteiger partial charge < -0.3 is 15.4 Å². The Morgan fingerprint density at radius 3 is 2.89 bits per heavy atom. The molecule has 2 N–H and O–H groups in total. The van der Waals surface area contributed by atoms with Crippen molar-refractivity contribution < 1.29 is 9.66 Å². The van der Waals surface area contributed by atoms with Crippen LogP contribution in [0.1, 0.15) is 5.56 Å². The number of hydrogen-bond acceptors (Lipinski definition) is 6. The minimum absolute atomic E-state index is 0.0365. The van der Waals surface area contributed by atoms with Gasteiger partial charge in [0.2, 0.25) is 5.82 Å². The molecule has 0 radical (unpaired) electrons. The molecule has 0 atom stereocenters. The molecule has 7 nitrogen and oxygen atoms in total. The number of anilines is 1. The largest absolute Gasteiger partial charge is 0.383 e. The quantitative estimate of drug-likeness (QED) is 0.408. The standard InChI is InChI=1S/C11H18N4O3/c1-9-3-4-13-11(10(9)15(16)17)14-6-5-12-7-8-18-2/h3-4,12H,5-8H2,1-2H3,(H,13,14). The summed E-state index contributed by atoms with van der Waals surface area (Å²) >= 11 is 0. The topological polar surface area (TPSA) is 89.3 Å². The van der Waals surface area contributed by atoms with Crippen LogP contribution in [0.15, 0.2) is 12.3 Å². The summed E-state index contributed by atoms with van der Waals surface area (Å²) < 4.78 is 4.89. The first-order valence-corrected chi connectivity index (χ1v) is 5.70.